The molecule has 2 rings (SSSR count). The first kappa shape index (κ1) is 9.78. The van der Waals surface area contributed by atoms with Gasteiger partial charge in [0.1, 0.15) is 4.88 Å². The number of nitrogens with zero attached hydrogens (tertiary/aromatic N) is 3. The van der Waals surface area contributed by atoms with Crippen LogP contribution in [0.15, 0.2) is 18.7 Å². The molecule has 0 aliphatic rings. The number of H-pyrrole nitrogens is 1. The molecular weight excluding hydrogens is 214 g/mol. The van der Waals surface area contributed by atoms with Gasteiger partial charge in [-0.05, 0) is 11.5 Å². The molecule has 0 spiro atoms. The van der Waals surface area contributed by atoms with E-state index in [1.54, 1.807) is 12.5 Å². The Bertz CT molecular complexity index is 410. The minimum atomic E-state index is -0.135. The van der Waals surface area contributed by atoms with Gasteiger partial charge in [0.25, 0.3) is 5.91 Å². The molecule has 1 amide bonds. The number of carbonyl (C=O) groups excluding carboxylic acids is 1. The number of aromatic amines is 1. The third-order valence-corrected chi connectivity index (χ3v) is 2.48. The molecule has 0 radical (unpaired) electrons. The molecule has 6 nitrogen and oxygen atoms in total. The highest BCUT2D eigenvalue weighted by atomic mass is 32.1. The van der Waals surface area contributed by atoms with E-state index in [0.29, 0.717) is 11.4 Å². The van der Waals surface area contributed by atoms with Gasteiger partial charge < -0.3 is 10.3 Å². The first-order chi connectivity index (χ1) is 7.36. The molecular formula is C8H9N5OS. The van der Waals surface area contributed by atoms with E-state index >= 15 is 0 Å². The highest BCUT2D eigenvalue weighted by molar-refractivity contribution is 7.07. The summed E-state index contributed by atoms with van der Waals surface area (Å²) in [7, 11) is 0. The van der Waals surface area contributed by atoms with Gasteiger partial charge in [-0.25, -0.2) is 4.98 Å². The van der Waals surface area contributed by atoms with E-state index in [1.165, 1.54) is 6.20 Å². The van der Waals surface area contributed by atoms with Crippen LogP contribution in [0.3, 0.4) is 0 Å². The molecule has 2 aromatic heterocycles. The van der Waals surface area contributed by atoms with E-state index in [9.17, 15) is 4.79 Å². The Morgan fingerprint density at radius 2 is 2.47 bits per heavy atom. The van der Waals surface area contributed by atoms with Crippen molar-refractivity contribution in [1.29, 1.82) is 0 Å². The van der Waals surface area contributed by atoms with Crippen molar-refractivity contribution in [2.75, 3.05) is 6.54 Å². The SMILES string of the molecule is O=C(NCCc1cnc[nH]1)c1cnns1. The quantitative estimate of drug-likeness (QED) is 0.777. The summed E-state index contributed by atoms with van der Waals surface area (Å²) < 4.78 is 3.62. The average molecular weight is 223 g/mol. The van der Waals surface area contributed by atoms with Crippen molar-refractivity contribution in [3.8, 4) is 0 Å². The van der Waals surface area contributed by atoms with Crippen LogP contribution in [0.2, 0.25) is 0 Å². The van der Waals surface area contributed by atoms with Crippen LogP contribution in [0, 0.1) is 0 Å². The summed E-state index contributed by atoms with van der Waals surface area (Å²) in [5, 5.41) is 6.36. The van der Waals surface area contributed by atoms with Crippen molar-refractivity contribution in [3.63, 3.8) is 0 Å². The highest BCUT2D eigenvalue weighted by Gasteiger charge is 2.06. The Labute approximate surface area is 89.9 Å². The first-order valence-electron chi connectivity index (χ1n) is 4.39. The molecule has 0 saturated heterocycles. The fourth-order valence-corrected chi connectivity index (χ4v) is 1.52. The Kier molecular flexibility index (Phi) is 3.03. The predicted octanol–water partition coefficient (Wildman–Crippen LogP) is 0.234. The normalized spacial score (nSPS) is 10.1. The average Bonchev–Trinajstić information content (AvgIpc) is 2.90. The Hall–Kier alpha value is -1.76. The van der Waals surface area contributed by atoms with Crippen molar-refractivity contribution in [1.82, 2.24) is 24.9 Å². The van der Waals surface area contributed by atoms with Crippen LogP contribution in [0.5, 0.6) is 0 Å². The van der Waals surface area contributed by atoms with Gasteiger partial charge in [-0.1, -0.05) is 4.49 Å². The standard InChI is InChI=1S/C8H9N5OS/c14-8(7-4-12-13-15-7)10-2-1-6-3-9-5-11-6/h3-5H,1-2H2,(H,9,11)(H,10,14). The second-order valence-electron chi connectivity index (χ2n) is 2.86. The third-order valence-electron chi connectivity index (χ3n) is 1.82. The van der Waals surface area contributed by atoms with E-state index < -0.39 is 0 Å². The molecule has 7 heteroatoms. The summed E-state index contributed by atoms with van der Waals surface area (Å²) in [5.41, 5.74) is 0.998. The zero-order chi connectivity index (χ0) is 10.5. The molecule has 0 unspecified atom stereocenters. The summed E-state index contributed by atoms with van der Waals surface area (Å²) in [6, 6.07) is 0. The van der Waals surface area contributed by atoms with Gasteiger partial charge >= 0.3 is 0 Å². The lowest BCUT2D eigenvalue weighted by Crippen LogP contribution is -2.24. The topological polar surface area (TPSA) is 83.6 Å². The highest BCUT2D eigenvalue weighted by Crippen LogP contribution is 2.00. The van der Waals surface area contributed by atoms with Gasteiger partial charge in [-0.2, -0.15) is 0 Å². The fourth-order valence-electron chi connectivity index (χ4n) is 1.09. The fraction of sp³-hybridized carbons (Fsp3) is 0.250. The van der Waals surface area contributed by atoms with Crippen molar-refractivity contribution in [2.45, 2.75) is 6.42 Å². The number of hydrogen-bond acceptors (Lipinski definition) is 5. The number of carbonyl (C=O) groups is 1. The van der Waals surface area contributed by atoms with Crippen LogP contribution in [-0.2, 0) is 6.42 Å². The maximum absolute atomic E-state index is 11.4. The summed E-state index contributed by atoms with van der Waals surface area (Å²) in [4.78, 5) is 18.8. The summed E-state index contributed by atoms with van der Waals surface area (Å²) in [6.07, 6.45) is 5.54. The minimum absolute atomic E-state index is 0.135. The van der Waals surface area contributed by atoms with Crippen molar-refractivity contribution in [2.24, 2.45) is 0 Å². The van der Waals surface area contributed by atoms with Gasteiger partial charge in [0.05, 0.1) is 12.5 Å². The van der Waals surface area contributed by atoms with E-state index in [0.717, 1.165) is 23.6 Å². The lowest BCUT2D eigenvalue weighted by atomic mass is 10.3. The smallest absolute Gasteiger partial charge is 0.264 e. The number of amides is 1. The summed E-state index contributed by atoms with van der Waals surface area (Å²) >= 11 is 1.09. The molecule has 15 heavy (non-hydrogen) atoms. The number of hydrogen-bond donors (Lipinski definition) is 2. The summed E-state index contributed by atoms with van der Waals surface area (Å²) in [5.74, 6) is -0.135. The van der Waals surface area contributed by atoms with Crippen LogP contribution >= 0.6 is 11.5 Å². The number of aromatic nitrogens is 4. The molecule has 78 valence electrons. The van der Waals surface area contributed by atoms with Gasteiger partial charge in [-0.3, -0.25) is 4.79 Å². The van der Waals surface area contributed by atoms with Crippen LogP contribution in [0.4, 0.5) is 0 Å². The molecule has 2 aromatic rings. The second kappa shape index (κ2) is 4.65. The molecule has 0 aromatic carbocycles. The third kappa shape index (κ3) is 2.59. The van der Waals surface area contributed by atoms with E-state index in [1.807, 2.05) is 0 Å². The summed E-state index contributed by atoms with van der Waals surface area (Å²) in [6.45, 7) is 0.568. The van der Waals surface area contributed by atoms with Crippen LogP contribution in [-0.4, -0.2) is 32.0 Å². The second-order valence-corrected chi connectivity index (χ2v) is 3.65. The first-order valence-corrected chi connectivity index (χ1v) is 5.16. The van der Waals surface area contributed by atoms with Crippen molar-refractivity contribution in [3.05, 3.63) is 29.3 Å². The molecule has 2 heterocycles. The van der Waals surface area contributed by atoms with Gasteiger partial charge in [0.15, 0.2) is 0 Å². The van der Waals surface area contributed by atoms with Crippen molar-refractivity contribution >= 4 is 17.4 Å². The van der Waals surface area contributed by atoms with Crippen molar-refractivity contribution < 1.29 is 4.79 Å². The van der Waals surface area contributed by atoms with Gasteiger partial charge in [-0.15, -0.1) is 5.10 Å². The molecule has 0 aliphatic heterocycles. The number of imidazole rings is 1. The lowest BCUT2D eigenvalue weighted by Gasteiger charge is -2.00. The van der Waals surface area contributed by atoms with Crippen LogP contribution < -0.4 is 5.32 Å². The molecule has 0 saturated carbocycles. The Balaban J connectivity index is 1.77. The molecule has 0 bridgehead atoms. The zero-order valence-electron chi connectivity index (χ0n) is 7.80. The maximum Gasteiger partial charge on any atom is 0.264 e. The van der Waals surface area contributed by atoms with E-state index in [4.69, 9.17) is 0 Å². The van der Waals surface area contributed by atoms with Gasteiger partial charge in [0, 0.05) is 24.9 Å². The predicted molar refractivity (Wildman–Crippen MR) is 54.5 cm³/mol. The molecule has 2 N–H and O–H groups in total. The Morgan fingerprint density at radius 1 is 1.53 bits per heavy atom. The maximum atomic E-state index is 11.4. The molecule has 0 aliphatic carbocycles. The van der Waals surface area contributed by atoms with Crippen LogP contribution in [0.1, 0.15) is 15.4 Å². The minimum Gasteiger partial charge on any atom is -0.351 e. The largest absolute Gasteiger partial charge is 0.351 e. The Morgan fingerprint density at radius 3 is 3.13 bits per heavy atom. The zero-order valence-corrected chi connectivity index (χ0v) is 8.62. The lowest BCUT2D eigenvalue weighted by molar-refractivity contribution is 0.0958. The van der Waals surface area contributed by atoms with E-state index in [2.05, 4.69) is 24.9 Å². The molecule has 0 fully saturated rings. The number of rotatable bonds is 4. The van der Waals surface area contributed by atoms with Gasteiger partial charge in [0.2, 0.25) is 0 Å². The number of nitrogens with one attached hydrogen (secondary N) is 2. The monoisotopic (exact) mass is 223 g/mol. The molecule has 0 atom stereocenters. The van der Waals surface area contributed by atoms with Crippen LogP contribution in [0.25, 0.3) is 0 Å². The van der Waals surface area contributed by atoms with E-state index in [-0.39, 0.29) is 5.91 Å².